The van der Waals surface area contributed by atoms with Gasteiger partial charge in [-0.3, -0.25) is 4.90 Å². The first-order chi connectivity index (χ1) is 8.72. The van der Waals surface area contributed by atoms with Gasteiger partial charge in [0.2, 0.25) is 0 Å². The van der Waals surface area contributed by atoms with E-state index in [0.29, 0.717) is 17.7 Å². The fraction of sp³-hybridized carbons (Fsp3) is 0.357. The number of phenols is 1. The molecule has 3 rings (SSSR count). The third-order valence-corrected chi connectivity index (χ3v) is 3.38. The molecule has 2 heterocycles. The van der Waals surface area contributed by atoms with Crippen LogP contribution in [-0.4, -0.2) is 23.1 Å². The van der Waals surface area contributed by atoms with Gasteiger partial charge in [-0.1, -0.05) is 0 Å². The molecule has 1 saturated heterocycles. The number of rotatable bonds is 2. The molecule has 0 saturated carbocycles. The van der Waals surface area contributed by atoms with E-state index in [0.717, 1.165) is 18.5 Å². The van der Waals surface area contributed by atoms with Gasteiger partial charge in [0.25, 0.3) is 0 Å². The van der Waals surface area contributed by atoms with Gasteiger partial charge in [-0.25, -0.2) is 4.79 Å². The molecule has 0 unspecified atom stereocenters. The molecular formula is C14H16BrNO3. The predicted octanol–water partition coefficient (Wildman–Crippen LogP) is 2.67. The molecular weight excluding hydrogens is 310 g/mol. The van der Waals surface area contributed by atoms with Crippen LogP contribution in [0.4, 0.5) is 0 Å². The highest BCUT2D eigenvalue weighted by Crippen LogP contribution is 2.20. The van der Waals surface area contributed by atoms with Crippen molar-refractivity contribution in [3.05, 3.63) is 40.2 Å². The maximum absolute atomic E-state index is 11.9. The average molecular weight is 326 g/mol. The van der Waals surface area contributed by atoms with Crippen molar-refractivity contribution in [2.45, 2.75) is 19.4 Å². The summed E-state index contributed by atoms with van der Waals surface area (Å²) in [5.74, 6) is 0.184. The minimum Gasteiger partial charge on any atom is -0.508 e. The molecule has 19 heavy (non-hydrogen) atoms. The van der Waals surface area contributed by atoms with Crippen molar-refractivity contribution in [1.29, 1.82) is 0 Å². The summed E-state index contributed by atoms with van der Waals surface area (Å²) >= 11 is 0. The minimum atomic E-state index is -0.278. The number of nitrogens with zero attached hydrogens (tertiary/aromatic N) is 1. The number of hydrogen-bond donors (Lipinski definition) is 1. The smallest absolute Gasteiger partial charge is 0.340 e. The molecule has 1 aromatic carbocycles. The number of fused-ring (bicyclic) bond motifs is 1. The van der Waals surface area contributed by atoms with Crippen molar-refractivity contribution in [3.63, 3.8) is 0 Å². The summed E-state index contributed by atoms with van der Waals surface area (Å²) in [5, 5.41) is 10.2. The van der Waals surface area contributed by atoms with E-state index in [9.17, 15) is 9.90 Å². The van der Waals surface area contributed by atoms with Crippen molar-refractivity contribution in [2.24, 2.45) is 0 Å². The molecule has 4 nitrogen and oxygen atoms in total. The van der Waals surface area contributed by atoms with Crippen LogP contribution < -0.4 is 5.63 Å². The van der Waals surface area contributed by atoms with Crippen LogP contribution in [0.25, 0.3) is 11.0 Å². The van der Waals surface area contributed by atoms with Crippen molar-refractivity contribution in [2.75, 3.05) is 13.1 Å². The molecule has 0 radical (unpaired) electrons. The molecule has 0 bridgehead atoms. The maximum atomic E-state index is 11.9. The van der Waals surface area contributed by atoms with Crippen LogP contribution in [-0.2, 0) is 6.54 Å². The van der Waals surface area contributed by atoms with Gasteiger partial charge in [0.05, 0.1) is 5.56 Å². The van der Waals surface area contributed by atoms with E-state index in [1.807, 2.05) is 6.07 Å². The second kappa shape index (κ2) is 5.75. The molecule has 0 amide bonds. The Labute approximate surface area is 121 Å². The fourth-order valence-electron chi connectivity index (χ4n) is 2.45. The quantitative estimate of drug-likeness (QED) is 0.862. The van der Waals surface area contributed by atoms with Crippen molar-refractivity contribution >= 4 is 28.0 Å². The van der Waals surface area contributed by atoms with Gasteiger partial charge in [-0.05, 0) is 50.2 Å². The van der Waals surface area contributed by atoms with E-state index in [1.54, 1.807) is 12.1 Å². The van der Waals surface area contributed by atoms with E-state index >= 15 is 0 Å². The van der Waals surface area contributed by atoms with E-state index in [1.165, 1.54) is 18.9 Å². The lowest BCUT2D eigenvalue weighted by molar-refractivity contribution is 0.325. The summed E-state index contributed by atoms with van der Waals surface area (Å²) in [7, 11) is 0. The summed E-state index contributed by atoms with van der Waals surface area (Å²) in [4.78, 5) is 14.1. The van der Waals surface area contributed by atoms with Crippen LogP contribution in [0, 0.1) is 0 Å². The van der Waals surface area contributed by atoms with Crippen LogP contribution in [0.2, 0.25) is 0 Å². The first-order valence-corrected chi connectivity index (χ1v) is 6.20. The standard InChI is InChI=1S/C14H15NO3.BrH/c16-12-3-4-13-10(8-12)7-11(14(17)18-13)9-15-5-1-2-6-15;/h3-4,7-8,16H,1-2,5-6,9H2;1H. The van der Waals surface area contributed by atoms with Crippen LogP contribution in [0.5, 0.6) is 5.75 Å². The molecule has 1 aliphatic rings. The maximum Gasteiger partial charge on any atom is 0.340 e. The van der Waals surface area contributed by atoms with Crippen LogP contribution in [0.3, 0.4) is 0 Å². The van der Waals surface area contributed by atoms with Gasteiger partial charge in [0.1, 0.15) is 11.3 Å². The SMILES string of the molecule is Br.O=c1oc2ccc(O)cc2cc1CN1CCCC1. The molecule has 1 fully saturated rings. The van der Waals surface area contributed by atoms with E-state index in [-0.39, 0.29) is 28.4 Å². The second-order valence-electron chi connectivity index (χ2n) is 4.76. The summed E-state index contributed by atoms with van der Waals surface area (Å²) < 4.78 is 5.26. The predicted molar refractivity (Wildman–Crippen MR) is 79.0 cm³/mol. The Morgan fingerprint density at radius 3 is 2.68 bits per heavy atom. The van der Waals surface area contributed by atoms with Gasteiger partial charge in [0.15, 0.2) is 0 Å². The lowest BCUT2D eigenvalue weighted by atomic mass is 10.1. The summed E-state index contributed by atoms with van der Waals surface area (Å²) in [6.07, 6.45) is 2.39. The highest BCUT2D eigenvalue weighted by Gasteiger charge is 2.14. The number of halogens is 1. The fourth-order valence-corrected chi connectivity index (χ4v) is 2.45. The van der Waals surface area contributed by atoms with Gasteiger partial charge < -0.3 is 9.52 Å². The molecule has 102 valence electrons. The third-order valence-electron chi connectivity index (χ3n) is 3.38. The molecule has 1 N–H and O–H groups in total. The van der Waals surface area contributed by atoms with Crippen molar-refractivity contribution < 1.29 is 9.52 Å². The van der Waals surface area contributed by atoms with E-state index in [4.69, 9.17) is 4.42 Å². The summed E-state index contributed by atoms with van der Waals surface area (Å²) in [6.45, 7) is 2.71. The topological polar surface area (TPSA) is 53.7 Å². The summed E-state index contributed by atoms with van der Waals surface area (Å²) in [6, 6.07) is 6.57. The van der Waals surface area contributed by atoms with E-state index < -0.39 is 0 Å². The van der Waals surface area contributed by atoms with Gasteiger partial charge in [-0.15, -0.1) is 17.0 Å². The van der Waals surface area contributed by atoms with Crippen LogP contribution in [0.1, 0.15) is 18.4 Å². The van der Waals surface area contributed by atoms with Crippen LogP contribution in [0.15, 0.2) is 33.5 Å². The first kappa shape index (κ1) is 14.1. The van der Waals surface area contributed by atoms with Crippen molar-refractivity contribution in [3.8, 4) is 5.75 Å². The number of benzene rings is 1. The number of hydrogen-bond acceptors (Lipinski definition) is 4. The van der Waals surface area contributed by atoms with Gasteiger partial charge >= 0.3 is 5.63 Å². The minimum absolute atomic E-state index is 0. The number of phenolic OH excluding ortho intramolecular Hbond substituents is 1. The lowest BCUT2D eigenvalue weighted by Crippen LogP contribution is -2.22. The van der Waals surface area contributed by atoms with E-state index in [2.05, 4.69) is 4.90 Å². The Bertz CT molecular complexity index is 632. The Balaban J connectivity index is 0.00000133. The largest absolute Gasteiger partial charge is 0.508 e. The molecule has 5 heteroatoms. The molecule has 0 spiro atoms. The Morgan fingerprint density at radius 2 is 1.95 bits per heavy atom. The normalized spacial score (nSPS) is 15.6. The first-order valence-electron chi connectivity index (χ1n) is 6.20. The molecule has 0 aliphatic carbocycles. The molecule has 2 aromatic rings. The Hall–Kier alpha value is -1.33. The second-order valence-corrected chi connectivity index (χ2v) is 4.76. The zero-order valence-electron chi connectivity index (χ0n) is 10.5. The van der Waals surface area contributed by atoms with Crippen LogP contribution >= 0.6 is 17.0 Å². The van der Waals surface area contributed by atoms with Gasteiger partial charge in [0, 0.05) is 11.9 Å². The highest BCUT2D eigenvalue weighted by molar-refractivity contribution is 8.93. The summed E-state index contributed by atoms with van der Waals surface area (Å²) in [5.41, 5.74) is 0.901. The van der Waals surface area contributed by atoms with Crippen molar-refractivity contribution in [1.82, 2.24) is 4.90 Å². The monoisotopic (exact) mass is 325 g/mol. The zero-order chi connectivity index (χ0) is 12.5. The lowest BCUT2D eigenvalue weighted by Gasteiger charge is -2.13. The van der Waals surface area contributed by atoms with Gasteiger partial charge in [-0.2, -0.15) is 0 Å². The third kappa shape index (κ3) is 2.98. The Morgan fingerprint density at radius 1 is 1.21 bits per heavy atom. The Kier molecular flexibility index (Phi) is 4.27. The number of likely N-dealkylation sites (tertiary alicyclic amines) is 1. The zero-order valence-corrected chi connectivity index (χ0v) is 12.2. The molecule has 0 atom stereocenters. The molecule has 1 aromatic heterocycles. The number of aromatic hydroxyl groups is 1. The average Bonchev–Trinajstić information content (AvgIpc) is 2.83. The highest BCUT2D eigenvalue weighted by atomic mass is 79.9. The molecule has 1 aliphatic heterocycles.